The van der Waals surface area contributed by atoms with Crippen LogP contribution in [-0.4, -0.2) is 24.6 Å². The highest BCUT2D eigenvalue weighted by atomic mass is 16.5. The zero-order valence-electron chi connectivity index (χ0n) is 14.1. The molecule has 0 unspecified atom stereocenters. The molecule has 0 saturated heterocycles. The number of rotatable bonds is 5. The molecule has 22 heavy (non-hydrogen) atoms. The molecule has 0 aliphatic heterocycles. The summed E-state index contributed by atoms with van der Waals surface area (Å²) in [5, 5.41) is 0. The summed E-state index contributed by atoms with van der Waals surface area (Å²) in [4.78, 5) is 2.33. The van der Waals surface area contributed by atoms with E-state index in [-0.39, 0.29) is 5.54 Å². The fraction of sp³-hybridized carbons (Fsp3) is 0.368. The van der Waals surface area contributed by atoms with Crippen LogP contribution in [0.3, 0.4) is 0 Å². The zero-order valence-corrected chi connectivity index (χ0v) is 14.1. The highest BCUT2D eigenvalue weighted by Gasteiger charge is 2.16. The average Bonchev–Trinajstić information content (AvgIpc) is 2.49. The molecule has 3 heteroatoms. The van der Waals surface area contributed by atoms with E-state index in [4.69, 9.17) is 9.47 Å². The van der Waals surface area contributed by atoms with Crippen molar-refractivity contribution in [1.82, 2.24) is 4.90 Å². The van der Waals surface area contributed by atoms with E-state index < -0.39 is 0 Å². The molecule has 2 aromatic rings. The van der Waals surface area contributed by atoms with E-state index in [1.807, 2.05) is 36.4 Å². The Labute approximate surface area is 133 Å². The van der Waals surface area contributed by atoms with Gasteiger partial charge in [-0.15, -0.1) is 0 Å². The van der Waals surface area contributed by atoms with E-state index in [9.17, 15) is 0 Å². The molecule has 0 spiro atoms. The first kappa shape index (κ1) is 16.4. The van der Waals surface area contributed by atoms with Crippen molar-refractivity contribution >= 4 is 0 Å². The van der Waals surface area contributed by atoms with Crippen LogP contribution in [0, 0.1) is 0 Å². The van der Waals surface area contributed by atoms with Crippen molar-refractivity contribution in [2.45, 2.75) is 32.9 Å². The van der Waals surface area contributed by atoms with Gasteiger partial charge in [0.25, 0.3) is 0 Å². The van der Waals surface area contributed by atoms with Gasteiger partial charge in [0, 0.05) is 12.1 Å². The van der Waals surface area contributed by atoms with Gasteiger partial charge >= 0.3 is 0 Å². The first-order valence-corrected chi connectivity index (χ1v) is 7.50. The summed E-state index contributed by atoms with van der Waals surface area (Å²) in [6, 6.07) is 15.8. The van der Waals surface area contributed by atoms with Gasteiger partial charge < -0.3 is 9.47 Å². The molecule has 0 atom stereocenters. The smallest absolute Gasteiger partial charge is 0.127 e. The predicted molar refractivity (Wildman–Crippen MR) is 90.7 cm³/mol. The average molecular weight is 299 g/mol. The van der Waals surface area contributed by atoms with Crippen LogP contribution >= 0.6 is 0 Å². The molecule has 0 aliphatic carbocycles. The Bertz CT molecular complexity index is 582. The molecule has 0 aromatic heterocycles. The van der Waals surface area contributed by atoms with Crippen molar-refractivity contribution in [3.05, 3.63) is 54.1 Å². The minimum Gasteiger partial charge on any atom is -0.497 e. The van der Waals surface area contributed by atoms with E-state index in [1.165, 1.54) is 5.56 Å². The number of hydrogen-bond donors (Lipinski definition) is 0. The lowest BCUT2D eigenvalue weighted by atomic mass is 10.1. The first-order chi connectivity index (χ1) is 10.4. The molecule has 2 rings (SSSR count). The molecule has 0 aliphatic rings. The fourth-order valence-corrected chi connectivity index (χ4v) is 1.95. The number of benzene rings is 2. The predicted octanol–water partition coefficient (Wildman–Crippen LogP) is 4.72. The van der Waals surface area contributed by atoms with Gasteiger partial charge in [-0.3, -0.25) is 4.90 Å². The quantitative estimate of drug-likeness (QED) is 0.797. The summed E-state index contributed by atoms with van der Waals surface area (Å²) in [5.74, 6) is 2.47. The molecule has 0 radical (unpaired) electrons. The topological polar surface area (TPSA) is 21.7 Å². The summed E-state index contributed by atoms with van der Waals surface area (Å²) < 4.78 is 11.0. The van der Waals surface area contributed by atoms with E-state index in [2.05, 4.69) is 44.9 Å². The Morgan fingerprint density at radius 3 is 1.73 bits per heavy atom. The second kappa shape index (κ2) is 6.84. The zero-order chi connectivity index (χ0) is 16.2. The monoisotopic (exact) mass is 299 g/mol. The normalized spacial score (nSPS) is 11.5. The standard InChI is InChI=1S/C19H25NO2/c1-19(2,3)20(4)14-15-6-8-17(9-7-15)22-18-12-10-16(21-5)11-13-18/h6-13H,14H2,1-5H3. The molecule has 0 bridgehead atoms. The maximum atomic E-state index is 5.84. The second-order valence-electron chi connectivity index (χ2n) is 6.45. The number of nitrogens with zero attached hydrogens (tertiary/aromatic N) is 1. The van der Waals surface area contributed by atoms with Crippen LogP contribution in [0.2, 0.25) is 0 Å². The van der Waals surface area contributed by atoms with Gasteiger partial charge in [-0.1, -0.05) is 12.1 Å². The van der Waals surface area contributed by atoms with Crippen molar-refractivity contribution in [2.24, 2.45) is 0 Å². The lowest BCUT2D eigenvalue weighted by Crippen LogP contribution is -2.37. The van der Waals surface area contributed by atoms with Crippen molar-refractivity contribution in [1.29, 1.82) is 0 Å². The number of ether oxygens (including phenoxy) is 2. The van der Waals surface area contributed by atoms with Gasteiger partial charge in [-0.05, 0) is 69.8 Å². The second-order valence-corrected chi connectivity index (χ2v) is 6.45. The van der Waals surface area contributed by atoms with Crippen molar-refractivity contribution in [2.75, 3.05) is 14.2 Å². The van der Waals surface area contributed by atoms with Crippen LogP contribution in [0.5, 0.6) is 17.2 Å². The van der Waals surface area contributed by atoms with Crippen LogP contribution in [0.15, 0.2) is 48.5 Å². The molecular weight excluding hydrogens is 274 g/mol. The summed E-state index contributed by atoms with van der Waals surface area (Å²) in [5.41, 5.74) is 1.44. The Morgan fingerprint density at radius 1 is 0.818 bits per heavy atom. The maximum Gasteiger partial charge on any atom is 0.127 e. The highest BCUT2D eigenvalue weighted by molar-refractivity contribution is 5.36. The third-order valence-corrected chi connectivity index (χ3v) is 3.78. The highest BCUT2D eigenvalue weighted by Crippen LogP contribution is 2.24. The summed E-state index contributed by atoms with van der Waals surface area (Å²) in [6.07, 6.45) is 0. The van der Waals surface area contributed by atoms with Crippen molar-refractivity contribution in [3.8, 4) is 17.2 Å². The molecule has 0 saturated carbocycles. The van der Waals surface area contributed by atoms with Crippen LogP contribution in [0.4, 0.5) is 0 Å². The SMILES string of the molecule is COc1ccc(Oc2ccc(CN(C)C(C)(C)C)cc2)cc1. The molecule has 118 valence electrons. The van der Waals surface area contributed by atoms with Crippen molar-refractivity contribution in [3.63, 3.8) is 0 Å². The van der Waals surface area contributed by atoms with Crippen LogP contribution in [0.25, 0.3) is 0 Å². The minimum absolute atomic E-state index is 0.165. The third kappa shape index (κ3) is 4.50. The van der Waals surface area contributed by atoms with E-state index in [0.29, 0.717) is 0 Å². The molecule has 3 nitrogen and oxygen atoms in total. The molecule has 0 amide bonds. The van der Waals surface area contributed by atoms with Gasteiger partial charge in [-0.2, -0.15) is 0 Å². The van der Waals surface area contributed by atoms with Crippen LogP contribution in [-0.2, 0) is 6.54 Å². The summed E-state index contributed by atoms with van der Waals surface area (Å²) in [7, 11) is 3.80. The van der Waals surface area contributed by atoms with Gasteiger partial charge in [-0.25, -0.2) is 0 Å². The Hall–Kier alpha value is -2.00. The third-order valence-electron chi connectivity index (χ3n) is 3.78. The van der Waals surface area contributed by atoms with Crippen LogP contribution < -0.4 is 9.47 Å². The lowest BCUT2D eigenvalue weighted by molar-refractivity contribution is 0.167. The summed E-state index contributed by atoms with van der Waals surface area (Å²) >= 11 is 0. The fourth-order valence-electron chi connectivity index (χ4n) is 1.95. The van der Waals surface area contributed by atoms with Crippen molar-refractivity contribution < 1.29 is 9.47 Å². The Kier molecular flexibility index (Phi) is 5.09. The largest absolute Gasteiger partial charge is 0.497 e. The van der Waals surface area contributed by atoms with Gasteiger partial charge in [0.2, 0.25) is 0 Å². The minimum atomic E-state index is 0.165. The Balaban J connectivity index is 1.99. The number of hydrogen-bond acceptors (Lipinski definition) is 3. The van der Waals surface area contributed by atoms with Gasteiger partial charge in [0.05, 0.1) is 7.11 Å². The molecule has 0 fully saturated rings. The molecule has 0 N–H and O–H groups in total. The molecule has 0 heterocycles. The van der Waals surface area contributed by atoms with E-state index >= 15 is 0 Å². The Morgan fingerprint density at radius 2 is 1.27 bits per heavy atom. The van der Waals surface area contributed by atoms with E-state index in [1.54, 1.807) is 7.11 Å². The van der Waals surface area contributed by atoms with E-state index in [0.717, 1.165) is 23.8 Å². The summed E-state index contributed by atoms with van der Waals surface area (Å²) in [6.45, 7) is 7.57. The van der Waals surface area contributed by atoms with Gasteiger partial charge in [0.15, 0.2) is 0 Å². The molecule has 2 aromatic carbocycles. The maximum absolute atomic E-state index is 5.84. The number of methoxy groups -OCH3 is 1. The molecular formula is C19H25NO2. The first-order valence-electron chi connectivity index (χ1n) is 7.50. The lowest BCUT2D eigenvalue weighted by Gasteiger charge is -2.31. The van der Waals surface area contributed by atoms with Gasteiger partial charge in [0.1, 0.15) is 17.2 Å². The van der Waals surface area contributed by atoms with Crippen LogP contribution in [0.1, 0.15) is 26.3 Å².